The van der Waals surface area contributed by atoms with Crippen LogP contribution in [0.25, 0.3) is 22.2 Å². The van der Waals surface area contributed by atoms with Gasteiger partial charge in [0.05, 0.1) is 16.8 Å². The highest BCUT2D eigenvalue weighted by atomic mass is 16.2. The largest absolute Gasteiger partial charge is 0.398 e. The molecule has 1 aliphatic rings. The molecule has 1 unspecified atom stereocenters. The summed E-state index contributed by atoms with van der Waals surface area (Å²) < 4.78 is 0. The number of hydrogen-bond donors (Lipinski definition) is 2. The molecule has 0 bridgehead atoms. The lowest BCUT2D eigenvalue weighted by Crippen LogP contribution is -2.56. The number of nitrogens with one attached hydrogen (secondary N) is 1. The van der Waals surface area contributed by atoms with Crippen molar-refractivity contribution in [2.75, 3.05) is 25.4 Å². The van der Waals surface area contributed by atoms with Crippen LogP contribution in [0.5, 0.6) is 0 Å². The van der Waals surface area contributed by atoms with Crippen LogP contribution in [0.1, 0.15) is 33.2 Å². The smallest absolute Gasteiger partial charge is 0.295 e. The zero-order valence-corrected chi connectivity index (χ0v) is 20.2. The first-order valence-corrected chi connectivity index (χ1v) is 11.9. The molecule has 4 aromatic rings. The summed E-state index contributed by atoms with van der Waals surface area (Å²) in [5, 5.41) is 0.628. The number of carbonyl (C=O) groups excluding carboxylic acids is 3. The Labute approximate surface area is 208 Å². The maximum Gasteiger partial charge on any atom is 0.295 e. The Kier molecular flexibility index (Phi) is 6.01. The van der Waals surface area contributed by atoms with Crippen LogP contribution in [0.15, 0.2) is 67.0 Å². The maximum absolute atomic E-state index is 13.3. The van der Waals surface area contributed by atoms with Crippen LogP contribution in [0, 0.1) is 6.92 Å². The number of anilines is 1. The van der Waals surface area contributed by atoms with E-state index in [0.29, 0.717) is 53.0 Å². The van der Waals surface area contributed by atoms with E-state index in [1.807, 2.05) is 50.2 Å². The average Bonchev–Trinajstić information content (AvgIpc) is 3.34. The summed E-state index contributed by atoms with van der Waals surface area (Å²) in [5.74, 6) is -1.24. The molecular weight excluding hydrogens is 454 g/mol. The normalized spacial score (nSPS) is 15.8. The number of pyridine rings is 1. The molecule has 0 aliphatic carbocycles. The van der Waals surface area contributed by atoms with Crippen molar-refractivity contribution in [2.45, 2.75) is 19.9 Å². The molecule has 8 heteroatoms. The zero-order valence-electron chi connectivity index (χ0n) is 20.2. The predicted octanol–water partition coefficient (Wildman–Crippen LogP) is 3.68. The molecule has 0 spiro atoms. The second kappa shape index (κ2) is 9.30. The Morgan fingerprint density at radius 3 is 2.56 bits per heavy atom. The molecule has 36 heavy (non-hydrogen) atoms. The molecule has 182 valence electrons. The second-order valence-electron chi connectivity index (χ2n) is 9.15. The summed E-state index contributed by atoms with van der Waals surface area (Å²) in [7, 11) is 0. The van der Waals surface area contributed by atoms with Crippen molar-refractivity contribution in [1.82, 2.24) is 19.8 Å². The number of hydrogen-bond acceptors (Lipinski definition) is 5. The lowest BCUT2D eigenvalue weighted by atomic mass is 10.0. The number of nitrogens with zero attached hydrogens (tertiary/aromatic N) is 3. The number of nitrogen functional groups attached to an aromatic ring is 1. The molecule has 2 amide bonds. The van der Waals surface area contributed by atoms with Gasteiger partial charge in [0.1, 0.15) is 0 Å². The van der Waals surface area contributed by atoms with Gasteiger partial charge in [0, 0.05) is 60.3 Å². The third-order valence-electron chi connectivity index (χ3n) is 6.79. The molecule has 2 aromatic carbocycles. The first-order chi connectivity index (χ1) is 17.3. The molecule has 5 rings (SSSR count). The van der Waals surface area contributed by atoms with Crippen molar-refractivity contribution in [2.24, 2.45) is 0 Å². The number of nitrogens with two attached hydrogens (primary N) is 1. The van der Waals surface area contributed by atoms with E-state index in [0.717, 1.165) is 11.1 Å². The summed E-state index contributed by atoms with van der Waals surface area (Å²) in [4.78, 5) is 50.2. The summed E-state index contributed by atoms with van der Waals surface area (Å²) in [6.45, 7) is 4.78. The highest BCUT2D eigenvalue weighted by Crippen LogP contribution is 2.30. The molecule has 3 heterocycles. The summed E-state index contributed by atoms with van der Waals surface area (Å²) in [6, 6.07) is 16.3. The van der Waals surface area contributed by atoms with Gasteiger partial charge in [0.15, 0.2) is 0 Å². The van der Waals surface area contributed by atoms with E-state index in [-0.39, 0.29) is 11.9 Å². The van der Waals surface area contributed by atoms with Crippen molar-refractivity contribution in [1.29, 1.82) is 0 Å². The predicted molar refractivity (Wildman–Crippen MR) is 139 cm³/mol. The summed E-state index contributed by atoms with van der Waals surface area (Å²) in [6.07, 6.45) is 3.19. The molecule has 0 radical (unpaired) electrons. The number of aryl methyl sites for hydroxylation is 1. The summed E-state index contributed by atoms with van der Waals surface area (Å²) in [5.41, 5.74) is 10.8. The van der Waals surface area contributed by atoms with E-state index in [1.165, 1.54) is 4.90 Å². The lowest BCUT2D eigenvalue weighted by molar-refractivity contribution is -0.128. The molecule has 2 aromatic heterocycles. The van der Waals surface area contributed by atoms with Gasteiger partial charge in [-0.3, -0.25) is 19.4 Å². The van der Waals surface area contributed by atoms with Gasteiger partial charge >= 0.3 is 0 Å². The molecule has 3 N–H and O–H groups in total. The fraction of sp³-hybridized carbons (Fsp3) is 0.214. The number of benzene rings is 2. The highest BCUT2D eigenvalue weighted by molar-refractivity contribution is 6.45. The van der Waals surface area contributed by atoms with Crippen molar-refractivity contribution >= 4 is 34.2 Å². The molecule has 8 nitrogen and oxygen atoms in total. The fourth-order valence-electron chi connectivity index (χ4n) is 4.70. The number of carbonyl (C=O) groups is 3. The van der Waals surface area contributed by atoms with E-state index in [1.54, 1.807) is 35.5 Å². The summed E-state index contributed by atoms with van der Waals surface area (Å²) >= 11 is 0. The quantitative estimate of drug-likeness (QED) is 0.262. The third kappa shape index (κ3) is 4.11. The van der Waals surface area contributed by atoms with Crippen molar-refractivity contribution in [3.63, 3.8) is 0 Å². The second-order valence-corrected chi connectivity index (χ2v) is 9.15. The van der Waals surface area contributed by atoms with Crippen molar-refractivity contribution < 1.29 is 14.4 Å². The number of H-pyrrole nitrogens is 1. The lowest BCUT2D eigenvalue weighted by Gasteiger charge is -2.39. The van der Waals surface area contributed by atoms with Crippen LogP contribution >= 0.6 is 0 Å². The van der Waals surface area contributed by atoms with Crippen LogP contribution in [0.2, 0.25) is 0 Å². The van der Waals surface area contributed by atoms with Crippen LogP contribution in [-0.2, 0) is 4.79 Å². The van der Waals surface area contributed by atoms with Crippen LogP contribution in [0.4, 0.5) is 5.69 Å². The zero-order chi connectivity index (χ0) is 25.4. The number of piperazine rings is 1. The number of aromatic amines is 1. The Hall–Kier alpha value is -4.46. The van der Waals surface area contributed by atoms with Crippen LogP contribution < -0.4 is 5.73 Å². The van der Waals surface area contributed by atoms with Gasteiger partial charge in [-0.05, 0) is 43.7 Å². The number of amides is 2. The maximum atomic E-state index is 13.3. The van der Waals surface area contributed by atoms with Gasteiger partial charge in [-0.25, -0.2) is 0 Å². The van der Waals surface area contributed by atoms with E-state index in [2.05, 4.69) is 9.97 Å². The van der Waals surface area contributed by atoms with Gasteiger partial charge in [-0.2, -0.15) is 0 Å². The first kappa shape index (κ1) is 23.3. The molecule has 1 saturated heterocycles. The highest BCUT2D eigenvalue weighted by Gasteiger charge is 2.33. The minimum absolute atomic E-state index is 0.0741. The third-order valence-corrected chi connectivity index (χ3v) is 6.79. The standard InChI is InChI=1S/C28H27N5O3/c1-17-8-9-20(14-23(17)29)24-25-21(10-11-30-24)22(15-31-25)26(34)28(36)32-12-13-33(18(2)16-32)27(35)19-6-4-3-5-7-19/h3-11,14-15,18,31H,12-13,16,29H2,1-2H3. The Balaban J connectivity index is 1.35. The number of aromatic nitrogens is 2. The molecule has 1 aliphatic heterocycles. The molecule has 1 atom stereocenters. The number of Topliss-reactive ketones (excluding diaryl/α,β-unsaturated/α-hetero) is 1. The van der Waals surface area contributed by atoms with Crippen LogP contribution in [0.3, 0.4) is 0 Å². The van der Waals surface area contributed by atoms with Gasteiger partial charge in [0.2, 0.25) is 0 Å². The topological polar surface area (TPSA) is 112 Å². The van der Waals surface area contributed by atoms with E-state index < -0.39 is 11.7 Å². The minimum atomic E-state index is -0.586. The molecule has 0 saturated carbocycles. The van der Waals surface area contributed by atoms with E-state index in [9.17, 15) is 14.4 Å². The Morgan fingerprint density at radius 2 is 1.83 bits per heavy atom. The van der Waals surface area contributed by atoms with Crippen LogP contribution in [-0.4, -0.2) is 63.0 Å². The molecular formula is C28H27N5O3. The fourth-order valence-corrected chi connectivity index (χ4v) is 4.70. The van der Waals surface area contributed by atoms with Crippen molar-refractivity contribution in [3.8, 4) is 11.3 Å². The Morgan fingerprint density at radius 1 is 1.06 bits per heavy atom. The van der Waals surface area contributed by atoms with E-state index in [4.69, 9.17) is 5.73 Å². The monoisotopic (exact) mass is 481 g/mol. The SMILES string of the molecule is Cc1ccc(-c2nccc3c(C(=O)C(=O)N4CCN(C(=O)c5ccccc5)C(C)C4)c[nH]c23)cc1N. The van der Waals surface area contributed by atoms with E-state index >= 15 is 0 Å². The van der Waals surface area contributed by atoms with Gasteiger partial charge in [-0.1, -0.05) is 30.3 Å². The minimum Gasteiger partial charge on any atom is -0.398 e. The Bertz CT molecular complexity index is 1480. The first-order valence-electron chi connectivity index (χ1n) is 11.9. The number of fused-ring (bicyclic) bond motifs is 1. The van der Waals surface area contributed by atoms with Gasteiger partial charge in [0.25, 0.3) is 17.6 Å². The van der Waals surface area contributed by atoms with Gasteiger partial charge in [-0.15, -0.1) is 0 Å². The number of ketones is 1. The molecule has 1 fully saturated rings. The van der Waals surface area contributed by atoms with Gasteiger partial charge < -0.3 is 20.5 Å². The average molecular weight is 482 g/mol. The van der Waals surface area contributed by atoms with Crippen molar-refractivity contribution in [3.05, 3.63) is 83.7 Å². The number of rotatable bonds is 4.